The van der Waals surface area contributed by atoms with Gasteiger partial charge in [-0.1, -0.05) is 60.7 Å². The first kappa shape index (κ1) is 24.2. The average Bonchev–Trinajstić information content (AvgIpc) is 2.74. The van der Waals surface area contributed by atoms with Crippen LogP contribution in [0.15, 0.2) is 60.7 Å². The zero-order valence-corrected chi connectivity index (χ0v) is 18.8. The van der Waals surface area contributed by atoms with Gasteiger partial charge in [0.15, 0.2) is 0 Å². The van der Waals surface area contributed by atoms with Gasteiger partial charge in [-0.15, -0.1) is 24.8 Å². The first-order valence-electron chi connectivity index (χ1n) is 10.5. The van der Waals surface area contributed by atoms with Crippen LogP contribution in [-0.2, 0) is 17.6 Å². The quantitative estimate of drug-likeness (QED) is 0.663. The summed E-state index contributed by atoms with van der Waals surface area (Å²) in [6, 6.07) is 21.7. The Morgan fingerprint density at radius 3 is 1.76 bits per heavy atom. The van der Waals surface area contributed by atoms with Gasteiger partial charge >= 0.3 is 0 Å². The summed E-state index contributed by atoms with van der Waals surface area (Å²) in [5, 5.41) is 0. The van der Waals surface area contributed by atoms with Gasteiger partial charge in [-0.05, 0) is 36.8 Å². The lowest BCUT2D eigenvalue weighted by atomic mass is 9.89. The summed E-state index contributed by atoms with van der Waals surface area (Å²) in [4.78, 5) is 5.24. The number of nitrogens with zero attached hydrogens (tertiary/aromatic N) is 2. The standard InChI is InChI=1S/C24H32N2O.2ClH/c1-3-7-22(8-4-1)11-15-25-17-13-24(14-18-25)21-26(19-20-27-24)16-12-23-9-5-2-6-10-23;;/h1-10H,11-21H2;2*1H. The minimum Gasteiger partial charge on any atom is -0.372 e. The summed E-state index contributed by atoms with van der Waals surface area (Å²) < 4.78 is 6.33. The van der Waals surface area contributed by atoms with E-state index in [0.717, 1.165) is 45.6 Å². The van der Waals surface area contributed by atoms with Crippen molar-refractivity contribution in [2.24, 2.45) is 0 Å². The molecule has 2 aromatic carbocycles. The molecule has 2 saturated heterocycles. The van der Waals surface area contributed by atoms with Crippen molar-refractivity contribution in [1.29, 1.82) is 0 Å². The van der Waals surface area contributed by atoms with Crippen LogP contribution in [-0.4, -0.2) is 61.3 Å². The van der Waals surface area contributed by atoms with E-state index < -0.39 is 0 Å². The summed E-state index contributed by atoms with van der Waals surface area (Å²) >= 11 is 0. The molecule has 0 radical (unpaired) electrons. The van der Waals surface area contributed by atoms with E-state index in [1.807, 2.05) is 0 Å². The van der Waals surface area contributed by atoms with Crippen molar-refractivity contribution in [3.05, 3.63) is 71.8 Å². The second-order valence-electron chi connectivity index (χ2n) is 8.12. The van der Waals surface area contributed by atoms with Crippen LogP contribution in [0.1, 0.15) is 24.0 Å². The van der Waals surface area contributed by atoms with E-state index in [9.17, 15) is 0 Å². The second kappa shape index (κ2) is 11.9. The molecule has 0 aliphatic carbocycles. The maximum atomic E-state index is 6.33. The Balaban J connectivity index is 0.00000150. The summed E-state index contributed by atoms with van der Waals surface area (Å²) in [5.74, 6) is 0. The van der Waals surface area contributed by atoms with Crippen LogP contribution >= 0.6 is 24.8 Å². The Kier molecular flexibility index (Phi) is 9.94. The van der Waals surface area contributed by atoms with Gasteiger partial charge in [-0.3, -0.25) is 4.90 Å². The molecule has 5 heteroatoms. The molecule has 3 nitrogen and oxygen atoms in total. The van der Waals surface area contributed by atoms with Crippen molar-refractivity contribution in [1.82, 2.24) is 9.80 Å². The van der Waals surface area contributed by atoms with Gasteiger partial charge in [0.25, 0.3) is 0 Å². The second-order valence-corrected chi connectivity index (χ2v) is 8.12. The molecule has 2 heterocycles. The predicted octanol–water partition coefficient (Wildman–Crippen LogP) is 4.48. The highest BCUT2D eigenvalue weighted by atomic mass is 35.5. The molecular weight excluding hydrogens is 403 g/mol. The molecule has 2 fully saturated rings. The van der Waals surface area contributed by atoms with Crippen LogP contribution in [0, 0.1) is 0 Å². The van der Waals surface area contributed by atoms with Gasteiger partial charge in [0.1, 0.15) is 0 Å². The molecule has 2 aliphatic rings. The summed E-state index contributed by atoms with van der Waals surface area (Å²) in [7, 11) is 0. The highest BCUT2D eigenvalue weighted by molar-refractivity contribution is 5.85. The zero-order chi connectivity index (χ0) is 18.4. The molecule has 2 aliphatic heterocycles. The zero-order valence-electron chi connectivity index (χ0n) is 17.2. The number of hydrogen-bond donors (Lipinski definition) is 0. The SMILES string of the molecule is Cl.Cl.c1ccc(CCN2CCC3(CC2)CN(CCc2ccccc2)CCO3)cc1. The Hall–Kier alpha value is -1.10. The van der Waals surface area contributed by atoms with E-state index in [0.29, 0.717) is 0 Å². The molecule has 0 N–H and O–H groups in total. The first-order chi connectivity index (χ1) is 13.3. The monoisotopic (exact) mass is 436 g/mol. The fourth-order valence-corrected chi connectivity index (χ4v) is 4.46. The molecule has 4 rings (SSSR count). The normalized spacial score (nSPS) is 19.3. The fraction of sp³-hybridized carbons (Fsp3) is 0.500. The lowest BCUT2D eigenvalue weighted by Crippen LogP contribution is -2.57. The lowest BCUT2D eigenvalue weighted by Gasteiger charge is -2.47. The van der Waals surface area contributed by atoms with Gasteiger partial charge < -0.3 is 9.64 Å². The highest BCUT2D eigenvalue weighted by Crippen LogP contribution is 2.30. The van der Waals surface area contributed by atoms with Crippen LogP contribution in [0.3, 0.4) is 0 Å². The minimum absolute atomic E-state index is 0. The van der Waals surface area contributed by atoms with Crippen LogP contribution in [0.5, 0.6) is 0 Å². The van der Waals surface area contributed by atoms with Gasteiger partial charge in [-0.2, -0.15) is 0 Å². The topological polar surface area (TPSA) is 15.7 Å². The Bertz CT molecular complexity index is 691. The molecule has 0 bridgehead atoms. The molecule has 0 amide bonds. The van der Waals surface area contributed by atoms with Crippen LogP contribution in [0.25, 0.3) is 0 Å². The predicted molar refractivity (Wildman–Crippen MR) is 126 cm³/mol. The van der Waals surface area contributed by atoms with Crippen LogP contribution in [0.2, 0.25) is 0 Å². The fourth-order valence-electron chi connectivity index (χ4n) is 4.46. The number of morpholine rings is 1. The smallest absolute Gasteiger partial charge is 0.0833 e. The molecule has 29 heavy (non-hydrogen) atoms. The third-order valence-corrected chi connectivity index (χ3v) is 6.21. The van der Waals surface area contributed by atoms with Gasteiger partial charge in [0.2, 0.25) is 0 Å². The van der Waals surface area contributed by atoms with Crippen molar-refractivity contribution < 1.29 is 4.74 Å². The molecule has 2 aromatic rings. The Morgan fingerprint density at radius 1 is 0.690 bits per heavy atom. The van der Waals surface area contributed by atoms with Crippen molar-refractivity contribution in [3.8, 4) is 0 Å². The lowest BCUT2D eigenvalue weighted by molar-refractivity contribution is -0.135. The van der Waals surface area contributed by atoms with E-state index in [-0.39, 0.29) is 30.4 Å². The number of piperidine rings is 1. The van der Waals surface area contributed by atoms with E-state index in [4.69, 9.17) is 4.74 Å². The maximum absolute atomic E-state index is 6.33. The maximum Gasteiger partial charge on any atom is 0.0833 e. The van der Waals surface area contributed by atoms with Gasteiger partial charge in [-0.25, -0.2) is 0 Å². The molecule has 160 valence electrons. The largest absolute Gasteiger partial charge is 0.372 e. The Labute approximate surface area is 188 Å². The molecule has 1 spiro atoms. The van der Waals surface area contributed by atoms with Crippen molar-refractivity contribution in [2.45, 2.75) is 31.3 Å². The van der Waals surface area contributed by atoms with Crippen molar-refractivity contribution in [2.75, 3.05) is 45.9 Å². The number of ether oxygens (including phenoxy) is 1. The Morgan fingerprint density at radius 2 is 1.21 bits per heavy atom. The summed E-state index contributed by atoms with van der Waals surface area (Å²) in [5.41, 5.74) is 2.98. The molecular formula is C24H34Cl2N2O. The molecule has 0 saturated carbocycles. The van der Waals surface area contributed by atoms with E-state index in [1.54, 1.807) is 0 Å². The first-order valence-corrected chi connectivity index (χ1v) is 10.5. The van der Waals surface area contributed by atoms with Gasteiger partial charge in [0, 0.05) is 39.3 Å². The van der Waals surface area contributed by atoms with E-state index in [1.165, 1.54) is 37.1 Å². The third kappa shape index (κ3) is 6.97. The number of halogens is 2. The highest BCUT2D eigenvalue weighted by Gasteiger charge is 2.39. The van der Waals surface area contributed by atoms with Crippen LogP contribution < -0.4 is 0 Å². The average molecular weight is 437 g/mol. The summed E-state index contributed by atoms with van der Waals surface area (Å²) in [6.45, 7) is 7.71. The minimum atomic E-state index is 0. The number of hydrogen-bond acceptors (Lipinski definition) is 3. The van der Waals surface area contributed by atoms with Crippen molar-refractivity contribution >= 4 is 24.8 Å². The number of benzene rings is 2. The summed E-state index contributed by atoms with van der Waals surface area (Å²) in [6.07, 6.45) is 4.63. The molecule has 0 atom stereocenters. The third-order valence-electron chi connectivity index (χ3n) is 6.21. The van der Waals surface area contributed by atoms with Gasteiger partial charge in [0.05, 0.1) is 12.2 Å². The van der Waals surface area contributed by atoms with E-state index in [2.05, 4.69) is 70.5 Å². The number of rotatable bonds is 6. The molecule has 0 unspecified atom stereocenters. The van der Waals surface area contributed by atoms with E-state index >= 15 is 0 Å². The molecule has 0 aromatic heterocycles. The van der Waals surface area contributed by atoms with Crippen molar-refractivity contribution in [3.63, 3.8) is 0 Å². The number of likely N-dealkylation sites (tertiary alicyclic amines) is 1. The van der Waals surface area contributed by atoms with Crippen LogP contribution in [0.4, 0.5) is 0 Å².